The minimum Gasteiger partial charge on any atom is -0.319 e. The number of hydrogen-bond acceptors (Lipinski definition) is 3. The number of nitrogens with zero attached hydrogens (tertiary/aromatic N) is 3. The van der Waals surface area contributed by atoms with Gasteiger partial charge in [0, 0.05) is 13.1 Å². The van der Waals surface area contributed by atoms with Crippen LogP contribution in [0.15, 0.2) is 6.33 Å². The monoisotopic (exact) mass is 250 g/mol. The highest BCUT2D eigenvalue weighted by atomic mass is 15.3. The summed E-state index contributed by atoms with van der Waals surface area (Å²) in [7, 11) is 2.01. The van der Waals surface area contributed by atoms with Gasteiger partial charge >= 0.3 is 0 Å². The van der Waals surface area contributed by atoms with Crippen molar-refractivity contribution in [2.75, 3.05) is 0 Å². The average molecular weight is 250 g/mol. The second-order valence-electron chi connectivity index (χ2n) is 5.67. The first-order chi connectivity index (χ1) is 8.70. The first-order valence-corrected chi connectivity index (χ1v) is 7.30. The molecule has 0 radical (unpaired) electrons. The largest absolute Gasteiger partial charge is 0.319 e. The van der Waals surface area contributed by atoms with Gasteiger partial charge in [-0.1, -0.05) is 26.2 Å². The number of aryl methyl sites for hydroxylation is 1. The Morgan fingerprint density at radius 2 is 2.22 bits per heavy atom. The number of aromatic nitrogens is 3. The molecule has 1 aromatic heterocycles. The van der Waals surface area contributed by atoms with Gasteiger partial charge in [0.15, 0.2) is 0 Å². The Morgan fingerprint density at radius 3 is 2.89 bits per heavy atom. The molecule has 0 saturated heterocycles. The lowest BCUT2D eigenvalue weighted by atomic mass is 9.98. The standard InChI is InChI=1S/C14H26N4/c1-4-12-6-5-7-13(9-8-12)16-11(2)14-17-15-10-18(14)3/h10-13,16H,4-9H2,1-3H3. The Labute approximate surface area is 110 Å². The molecule has 4 nitrogen and oxygen atoms in total. The molecular formula is C14H26N4. The van der Waals surface area contributed by atoms with Crippen LogP contribution in [0, 0.1) is 5.92 Å². The Hall–Kier alpha value is -0.900. The molecule has 1 aliphatic carbocycles. The van der Waals surface area contributed by atoms with Crippen LogP contribution in [0.25, 0.3) is 0 Å². The first-order valence-electron chi connectivity index (χ1n) is 7.30. The molecule has 0 bridgehead atoms. The SMILES string of the molecule is CCC1CCCC(NC(C)c2nncn2C)CC1. The number of nitrogens with one attached hydrogen (secondary N) is 1. The molecule has 1 saturated carbocycles. The summed E-state index contributed by atoms with van der Waals surface area (Å²) in [6.07, 6.45) is 9.87. The van der Waals surface area contributed by atoms with Crippen LogP contribution in [0.1, 0.15) is 64.2 Å². The van der Waals surface area contributed by atoms with E-state index in [9.17, 15) is 0 Å². The maximum absolute atomic E-state index is 4.19. The predicted octanol–water partition coefficient (Wildman–Crippen LogP) is 2.82. The van der Waals surface area contributed by atoms with E-state index in [1.54, 1.807) is 6.33 Å². The minimum absolute atomic E-state index is 0.292. The first kappa shape index (κ1) is 13.5. The van der Waals surface area contributed by atoms with Crippen LogP contribution in [-0.2, 0) is 7.05 Å². The van der Waals surface area contributed by atoms with Crippen LogP contribution < -0.4 is 5.32 Å². The third-order valence-electron chi connectivity index (χ3n) is 4.29. The lowest BCUT2D eigenvalue weighted by molar-refractivity contribution is 0.388. The fourth-order valence-electron chi connectivity index (χ4n) is 3.07. The quantitative estimate of drug-likeness (QED) is 0.836. The van der Waals surface area contributed by atoms with Crippen LogP contribution >= 0.6 is 0 Å². The summed E-state index contributed by atoms with van der Waals surface area (Å²) in [5.41, 5.74) is 0. The van der Waals surface area contributed by atoms with E-state index < -0.39 is 0 Å². The van der Waals surface area contributed by atoms with Gasteiger partial charge in [0.25, 0.3) is 0 Å². The van der Waals surface area contributed by atoms with Crippen molar-refractivity contribution in [3.63, 3.8) is 0 Å². The van der Waals surface area contributed by atoms with E-state index in [0.29, 0.717) is 12.1 Å². The van der Waals surface area contributed by atoms with Crippen molar-refractivity contribution in [2.45, 2.75) is 64.5 Å². The lowest BCUT2D eigenvalue weighted by Crippen LogP contribution is -2.32. The summed E-state index contributed by atoms with van der Waals surface area (Å²) < 4.78 is 2.00. The summed E-state index contributed by atoms with van der Waals surface area (Å²) >= 11 is 0. The van der Waals surface area contributed by atoms with Gasteiger partial charge in [0.2, 0.25) is 0 Å². The molecule has 3 atom stereocenters. The Bertz CT molecular complexity index is 360. The van der Waals surface area contributed by atoms with Crippen molar-refractivity contribution in [1.29, 1.82) is 0 Å². The third-order valence-corrected chi connectivity index (χ3v) is 4.29. The molecule has 1 fully saturated rings. The van der Waals surface area contributed by atoms with Gasteiger partial charge in [0.05, 0.1) is 6.04 Å². The maximum atomic E-state index is 4.19. The highest BCUT2D eigenvalue weighted by Crippen LogP contribution is 2.26. The molecule has 0 spiro atoms. The molecule has 1 N–H and O–H groups in total. The van der Waals surface area contributed by atoms with Gasteiger partial charge < -0.3 is 9.88 Å². The van der Waals surface area contributed by atoms with Gasteiger partial charge in [-0.3, -0.25) is 0 Å². The van der Waals surface area contributed by atoms with Gasteiger partial charge in [-0.2, -0.15) is 0 Å². The maximum Gasteiger partial charge on any atom is 0.149 e. The fourth-order valence-corrected chi connectivity index (χ4v) is 3.07. The van der Waals surface area contributed by atoms with E-state index in [1.807, 2.05) is 11.6 Å². The zero-order valence-electron chi connectivity index (χ0n) is 11.9. The van der Waals surface area contributed by atoms with E-state index >= 15 is 0 Å². The van der Waals surface area contributed by atoms with Crippen LogP contribution in [0.5, 0.6) is 0 Å². The van der Waals surface area contributed by atoms with Gasteiger partial charge in [-0.15, -0.1) is 10.2 Å². The minimum atomic E-state index is 0.292. The van der Waals surface area contributed by atoms with Crippen molar-refractivity contribution in [1.82, 2.24) is 20.1 Å². The van der Waals surface area contributed by atoms with E-state index in [-0.39, 0.29) is 0 Å². The lowest BCUT2D eigenvalue weighted by Gasteiger charge is -2.21. The predicted molar refractivity (Wildman–Crippen MR) is 73.2 cm³/mol. The van der Waals surface area contributed by atoms with Crippen LogP contribution in [-0.4, -0.2) is 20.8 Å². The molecule has 0 aliphatic heterocycles. The highest BCUT2D eigenvalue weighted by molar-refractivity contribution is 4.93. The van der Waals surface area contributed by atoms with Crippen LogP contribution in [0.3, 0.4) is 0 Å². The molecule has 18 heavy (non-hydrogen) atoms. The van der Waals surface area contributed by atoms with Crippen molar-refractivity contribution in [3.8, 4) is 0 Å². The molecule has 1 aliphatic rings. The summed E-state index contributed by atoms with van der Waals surface area (Å²) in [6, 6.07) is 0.939. The molecule has 0 aromatic carbocycles. The number of hydrogen-bond donors (Lipinski definition) is 1. The van der Waals surface area contributed by atoms with E-state index in [0.717, 1.165) is 11.7 Å². The zero-order valence-corrected chi connectivity index (χ0v) is 11.9. The van der Waals surface area contributed by atoms with Crippen molar-refractivity contribution >= 4 is 0 Å². The van der Waals surface area contributed by atoms with Crippen molar-refractivity contribution in [2.24, 2.45) is 13.0 Å². The molecule has 0 amide bonds. The summed E-state index contributed by atoms with van der Waals surface area (Å²) in [5.74, 6) is 1.98. The third kappa shape index (κ3) is 3.31. The second-order valence-corrected chi connectivity index (χ2v) is 5.67. The smallest absolute Gasteiger partial charge is 0.149 e. The van der Waals surface area contributed by atoms with Crippen LogP contribution in [0.4, 0.5) is 0 Å². The van der Waals surface area contributed by atoms with Crippen molar-refractivity contribution in [3.05, 3.63) is 12.2 Å². The fraction of sp³-hybridized carbons (Fsp3) is 0.857. The number of rotatable bonds is 4. The average Bonchev–Trinajstić information content (AvgIpc) is 2.66. The van der Waals surface area contributed by atoms with Gasteiger partial charge in [-0.05, 0) is 32.1 Å². The Balaban J connectivity index is 1.87. The van der Waals surface area contributed by atoms with Crippen molar-refractivity contribution < 1.29 is 0 Å². The van der Waals surface area contributed by atoms with Gasteiger partial charge in [0.1, 0.15) is 12.2 Å². The van der Waals surface area contributed by atoms with E-state index in [4.69, 9.17) is 0 Å². The Morgan fingerprint density at radius 1 is 1.39 bits per heavy atom. The second kappa shape index (κ2) is 6.32. The summed E-state index contributed by atoms with van der Waals surface area (Å²) in [6.45, 7) is 4.51. The van der Waals surface area contributed by atoms with E-state index in [1.165, 1.54) is 38.5 Å². The van der Waals surface area contributed by atoms with Gasteiger partial charge in [-0.25, -0.2) is 0 Å². The molecule has 1 heterocycles. The normalized spacial score (nSPS) is 26.8. The highest BCUT2D eigenvalue weighted by Gasteiger charge is 2.20. The summed E-state index contributed by atoms with van der Waals surface area (Å²) in [4.78, 5) is 0. The zero-order chi connectivity index (χ0) is 13.0. The van der Waals surface area contributed by atoms with E-state index in [2.05, 4.69) is 29.4 Å². The molecule has 4 heteroatoms. The molecular weight excluding hydrogens is 224 g/mol. The van der Waals surface area contributed by atoms with Crippen LogP contribution in [0.2, 0.25) is 0 Å². The molecule has 2 rings (SSSR count). The molecule has 3 unspecified atom stereocenters. The molecule has 102 valence electrons. The Kier molecular flexibility index (Phi) is 4.75. The topological polar surface area (TPSA) is 42.7 Å². The summed E-state index contributed by atoms with van der Waals surface area (Å²) in [5, 5.41) is 11.9. The molecule has 1 aromatic rings.